The van der Waals surface area contributed by atoms with Crippen molar-refractivity contribution in [1.82, 2.24) is 0 Å². The van der Waals surface area contributed by atoms with E-state index in [1.54, 1.807) is 23.9 Å². The fraction of sp³-hybridized carbons (Fsp3) is 0.133. The summed E-state index contributed by atoms with van der Waals surface area (Å²) in [5.74, 6) is 0.773. The minimum Gasteiger partial charge on any atom is -0.258 e. The van der Waals surface area contributed by atoms with E-state index < -0.39 is 4.92 Å². The Hall–Kier alpha value is -2.32. The highest BCUT2D eigenvalue weighted by Crippen LogP contribution is 2.28. The summed E-state index contributed by atoms with van der Waals surface area (Å²) in [6, 6.07) is 14.6. The Morgan fingerprint density at radius 1 is 1.30 bits per heavy atom. The van der Waals surface area contributed by atoms with Crippen molar-refractivity contribution in [1.29, 1.82) is 5.26 Å². The number of thioether (sulfide) groups is 1. The molecule has 0 aliphatic rings. The molecule has 4 nitrogen and oxygen atoms in total. The normalized spacial score (nSPS) is 10.0. The molecule has 0 aliphatic carbocycles. The number of nitro groups is 1. The third kappa shape index (κ3) is 3.16. The molecule has 20 heavy (non-hydrogen) atoms. The number of nitrogens with zero attached hydrogens (tertiary/aromatic N) is 2. The van der Waals surface area contributed by atoms with Crippen molar-refractivity contribution in [2.24, 2.45) is 0 Å². The van der Waals surface area contributed by atoms with Crippen LogP contribution >= 0.6 is 11.8 Å². The highest BCUT2D eigenvalue weighted by molar-refractivity contribution is 7.98. The topological polar surface area (TPSA) is 66.9 Å². The summed E-state index contributed by atoms with van der Waals surface area (Å²) in [7, 11) is 0. The number of nitro benzene ring substituents is 1. The predicted molar refractivity (Wildman–Crippen MR) is 78.6 cm³/mol. The number of hydrogen-bond donors (Lipinski definition) is 0. The van der Waals surface area contributed by atoms with Crippen molar-refractivity contribution >= 4 is 17.4 Å². The first-order chi connectivity index (χ1) is 9.61. The monoisotopic (exact) mass is 284 g/mol. The Morgan fingerprint density at radius 3 is 2.70 bits per heavy atom. The SMILES string of the molecule is Cc1ccccc1CSc1ccc([N+](=O)[O-])c(C#N)c1. The van der Waals surface area contributed by atoms with Crippen LogP contribution in [0.5, 0.6) is 0 Å². The minimum atomic E-state index is -0.533. The zero-order valence-electron chi connectivity index (χ0n) is 10.9. The van der Waals surface area contributed by atoms with Gasteiger partial charge >= 0.3 is 0 Å². The van der Waals surface area contributed by atoms with E-state index in [-0.39, 0.29) is 11.3 Å². The van der Waals surface area contributed by atoms with Crippen LogP contribution in [0.15, 0.2) is 47.4 Å². The van der Waals surface area contributed by atoms with Crippen LogP contribution in [0, 0.1) is 28.4 Å². The minimum absolute atomic E-state index is 0.102. The molecule has 0 amide bonds. The molecular weight excluding hydrogens is 272 g/mol. The zero-order valence-corrected chi connectivity index (χ0v) is 11.7. The summed E-state index contributed by atoms with van der Waals surface area (Å²) in [5.41, 5.74) is 2.38. The third-order valence-electron chi connectivity index (χ3n) is 2.94. The van der Waals surface area contributed by atoms with Crippen molar-refractivity contribution < 1.29 is 4.92 Å². The van der Waals surface area contributed by atoms with Gasteiger partial charge in [0.1, 0.15) is 11.6 Å². The summed E-state index contributed by atoms with van der Waals surface area (Å²) >= 11 is 1.56. The third-order valence-corrected chi connectivity index (χ3v) is 3.98. The molecule has 100 valence electrons. The van der Waals surface area contributed by atoms with Gasteiger partial charge in [0.25, 0.3) is 5.69 Å². The van der Waals surface area contributed by atoms with Gasteiger partial charge in [-0.25, -0.2) is 0 Å². The molecule has 0 fully saturated rings. The highest BCUT2D eigenvalue weighted by Gasteiger charge is 2.13. The van der Waals surface area contributed by atoms with Crippen LogP contribution in [-0.4, -0.2) is 4.92 Å². The van der Waals surface area contributed by atoms with Gasteiger partial charge in [0.2, 0.25) is 0 Å². The Labute approximate surface area is 121 Å². The standard InChI is InChI=1S/C15H12N2O2S/c1-11-4-2-3-5-12(11)10-20-14-6-7-15(17(18)19)13(8-14)9-16/h2-8H,10H2,1H3. The van der Waals surface area contributed by atoms with Crippen LogP contribution in [0.1, 0.15) is 16.7 Å². The van der Waals surface area contributed by atoms with Crippen LogP contribution in [0.3, 0.4) is 0 Å². The van der Waals surface area contributed by atoms with Crippen molar-refractivity contribution in [3.63, 3.8) is 0 Å². The number of nitriles is 1. The molecule has 0 aromatic heterocycles. The molecule has 0 heterocycles. The average Bonchev–Trinajstić information content (AvgIpc) is 2.46. The lowest BCUT2D eigenvalue weighted by atomic mass is 10.1. The van der Waals surface area contributed by atoms with Crippen LogP contribution in [-0.2, 0) is 5.75 Å². The molecule has 0 saturated heterocycles. The van der Waals surface area contributed by atoms with Gasteiger partial charge in [0, 0.05) is 16.7 Å². The summed E-state index contributed by atoms with van der Waals surface area (Å²) < 4.78 is 0. The number of benzene rings is 2. The van der Waals surface area contributed by atoms with Crippen molar-refractivity contribution in [3.8, 4) is 6.07 Å². The van der Waals surface area contributed by atoms with E-state index in [9.17, 15) is 10.1 Å². The molecule has 0 atom stereocenters. The van der Waals surface area contributed by atoms with E-state index >= 15 is 0 Å². The van der Waals surface area contributed by atoms with Crippen molar-refractivity contribution in [2.75, 3.05) is 0 Å². The molecular formula is C15H12N2O2S. The van der Waals surface area contributed by atoms with Crippen molar-refractivity contribution in [3.05, 3.63) is 69.3 Å². The van der Waals surface area contributed by atoms with E-state index in [2.05, 4.69) is 6.07 Å². The number of aryl methyl sites for hydroxylation is 1. The summed E-state index contributed by atoms with van der Waals surface area (Å²) in [6.07, 6.45) is 0. The van der Waals surface area contributed by atoms with Crippen molar-refractivity contribution in [2.45, 2.75) is 17.6 Å². The van der Waals surface area contributed by atoms with Crippen LogP contribution < -0.4 is 0 Å². The maximum atomic E-state index is 10.8. The second-order valence-corrected chi connectivity index (χ2v) is 5.31. The van der Waals surface area contributed by atoms with Gasteiger partial charge in [0.05, 0.1) is 4.92 Å². The van der Waals surface area contributed by atoms with Crippen LogP contribution in [0.2, 0.25) is 0 Å². The molecule has 5 heteroatoms. The molecule has 0 N–H and O–H groups in total. The van der Waals surface area contributed by atoms with Crippen LogP contribution in [0.4, 0.5) is 5.69 Å². The maximum Gasteiger partial charge on any atom is 0.287 e. The first-order valence-corrected chi connectivity index (χ1v) is 6.96. The smallest absolute Gasteiger partial charge is 0.258 e. The molecule has 2 aromatic rings. The molecule has 2 aromatic carbocycles. The van der Waals surface area contributed by atoms with Gasteiger partial charge in [0.15, 0.2) is 0 Å². The second-order valence-electron chi connectivity index (χ2n) is 4.26. The Bertz CT molecular complexity index is 693. The molecule has 0 saturated carbocycles. The quantitative estimate of drug-likeness (QED) is 0.482. The lowest BCUT2D eigenvalue weighted by molar-refractivity contribution is -0.385. The predicted octanol–water partition coefficient (Wildman–Crippen LogP) is 4.07. The lowest BCUT2D eigenvalue weighted by Gasteiger charge is -2.05. The van der Waals surface area contributed by atoms with E-state index in [0.717, 1.165) is 10.6 Å². The van der Waals surface area contributed by atoms with Gasteiger partial charge in [-0.2, -0.15) is 5.26 Å². The van der Waals surface area contributed by atoms with E-state index in [1.165, 1.54) is 17.2 Å². The molecule has 0 spiro atoms. The summed E-state index contributed by atoms with van der Waals surface area (Å²) in [4.78, 5) is 11.1. The molecule has 0 bridgehead atoms. The fourth-order valence-corrected chi connectivity index (χ4v) is 2.80. The van der Waals surface area contributed by atoms with Gasteiger partial charge < -0.3 is 0 Å². The van der Waals surface area contributed by atoms with E-state index in [1.807, 2.05) is 31.2 Å². The highest BCUT2D eigenvalue weighted by atomic mass is 32.2. The van der Waals surface area contributed by atoms with Gasteiger partial charge in [-0.05, 0) is 30.2 Å². The number of rotatable bonds is 4. The molecule has 2 rings (SSSR count). The Morgan fingerprint density at radius 2 is 2.05 bits per heavy atom. The molecule has 0 unspecified atom stereocenters. The zero-order chi connectivity index (χ0) is 14.5. The molecule has 0 aliphatic heterocycles. The van der Waals surface area contributed by atoms with Gasteiger partial charge in [-0.3, -0.25) is 10.1 Å². The van der Waals surface area contributed by atoms with Gasteiger partial charge in [-0.1, -0.05) is 24.3 Å². The van der Waals surface area contributed by atoms with Crippen LogP contribution in [0.25, 0.3) is 0 Å². The van der Waals surface area contributed by atoms with E-state index in [4.69, 9.17) is 5.26 Å². The maximum absolute atomic E-state index is 10.8. The largest absolute Gasteiger partial charge is 0.287 e. The number of hydrogen-bond acceptors (Lipinski definition) is 4. The summed E-state index contributed by atoms with van der Waals surface area (Å²) in [5, 5.41) is 19.7. The summed E-state index contributed by atoms with van der Waals surface area (Å²) in [6.45, 7) is 2.05. The Balaban J connectivity index is 2.17. The lowest BCUT2D eigenvalue weighted by Crippen LogP contribution is -1.92. The Kier molecular flexibility index (Phi) is 4.38. The fourth-order valence-electron chi connectivity index (χ4n) is 1.79. The molecule has 0 radical (unpaired) electrons. The first kappa shape index (κ1) is 14.1. The average molecular weight is 284 g/mol. The van der Waals surface area contributed by atoms with E-state index in [0.29, 0.717) is 0 Å². The first-order valence-electron chi connectivity index (χ1n) is 5.97. The second kappa shape index (κ2) is 6.22. The van der Waals surface area contributed by atoms with Gasteiger partial charge in [-0.15, -0.1) is 11.8 Å².